The topological polar surface area (TPSA) is 38.3 Å². The SMILES string of the molecule is [B]Cc1cc(Oc2ccc(C)cc2)c(C)cc1NC(=O)C(F)(F)F. The summed E-state index contributed by atoms with van der Waals surface area (Å²) in [7, 11) is 5.58. The van der Waals surface area contributed by atoms with Gasteiger partial charge in [0.15, 0.2) is 0 Å². The minimum Gasteiger partial charge on any atom is -0.457 e. The fraction of sp³-hybridized carbons (Fsp3) is 0.235. The molecule has 2 aromatic rings. The van der Waals surface area contributed by atoms with Gasteiger partial charge in [-0.3, -0.25) is 4.79 Å². The lowest BCUT2D eigenvalue weighted by molar-refractivity contribution is -0.167. The van der Waals surface area contributed by atoms with Crippen molar-refractivity contribution >= 4 is 19.4 Å². The van der Waals surface area contributed by atoms with Crippen LogP contribution in [0.2, 0.25) is 0 Å². The Morgan fingerprint density at radius 2 is 1.79 bits per heavy atom. The number of anilines is 1. The number of aryl methyl sites for hydroxylation is 2. The molecule has 2 rings (SSSR count). The van der Waals surface area contributed by atoms with Crippen LogP contribution in [0.1, 0.15) is 16.7 Å². The lowest BCUT2D eigenvalue weighted by Gasteiger charge is -2.16. The Kier molecular flexibility index (Phi) is 5.21. The van der Waals surface area contributed by atoms with Crippen LogP contribution in [0, 0.1) is 13.8 Å². The maximum absolute atomic E-state index is 12.4. The molecule has 0 bridgehead atoms. The first-order valence-corrected chi connectivity index (χ1v) is 7.17. The molecule has 0 aromatic heterocycles. The Morgan fingerprint density at radius 3 is 2.33 bits per heavy atom. The molecule has 0 atom stereocenters. The van der Waals surface area contributed by atoms with Crippen LogP contribution in [0.5, 0.6) is 11.5 Å². The summed E-state index contributed by atoms with van der Waals surface area (Å²) >= 11 is 0. The van der Waals surface area contributed by atoms with E-state index in [0.717, 1.165) is 5.56 Å². The second kappa shape index (κ2) is 6.99. The molecule has 0 unspecified atom stereocenters. The third-order valence-corrected chi connectivity index (χ3v) is 3.38. The highest BCUT2D eigenvalue weighted by atomic mass is 19.4. The Hall–Kier alpha value is -2.44. The fourth-order valence-corrected chi connectivity index (χ4v) is 2.05. The van der Waals surface area contributed by atoms with Gasteiger partial charge in [0.05, 0.1) is 7.85 Å². The van der Waals surface area contributed by atoms with Crippen LogP contribution in [0.4, 0.5) is 18.9 Å². The van der Waals surface area contributed by atoms with E-state index in [0.29, 0.717) is 22.6 Å². The molecule has 3 nitrogen and oxygen atoms in total. The van der Waals surface area contributed by atoms with Crippen molar-refractivity contribution in [2.45, 2.75) is 26.3 Å². The van der Waals surface area contributed by atoms with Crippen molar-refractivity contribution in [3.63, 3.8) is 0 Å². The normalized spacial score (nSPS) is 11.2. The van der Waals surface area contributed by atoms with Gasteiger partial charge in [0, 0.05) is 5.69 Å². The van der Waals surface area contributed by atoms with Crippen LogP contribution in [-0.2, 0) is 11.1 Å². The highest BCUT2D eigenvalue weighted by Gasteiger charge is 2.39. The molecule has 2 radical (unpaired) electrons. The minimum atomic E-state index is -4.96. The minimum absolute atomic E-state index is 0.0218. The molecular weight excluding hydrogens is 318 g/mol. The van der Waals surface area contributed by atoms with Crippen molar-refractivity contribution < 1.29 is 22.7 Å². The van der Waals surface area contributed by atoms with Crippen LogP contribution in [0.15, 0.2) is 36.4 Å². The van der Waals surface area contributed by atoms with E-state index < -0.39 is 12.1 Å². The van der Waals surface area contributed by atoms with Gasteiger partial charge >= 0.3 is 12.1 Å². The van der Waals surface area contributed by atoms with Gasteiger partial charge in [-0.25, -0.2) is 0 Å². The first-order valence-electron chi connectivity index (χ1n) is 7.17. The highest BCUT2D eigenvalue weighted by molar-refractivity contribution is 6.09. The number of nitrogens with one attached hydrogen (secondary N) is 1. The van der Waals surface area contributed by atoms with Gasteiger partial charge in [0.25, 0.3) is 0 Å². The number of carbonyl (C=O) groups excluding carboxylic acids is 1. The molecule has 0 spiro atoms. The van der Waals surface area contributed by atoms with E-state index in [4.69, 9.17) is 12.6 Å². The predicted octanol–water partition coefficient (Wildman–Crippen LogP) is 4.27. The van der Waals surface area contributed by atoms with Crippen LogP contribution in [0.25, 0.3) is 0 Å². The summed E-state index contributed by atoms with van der Waals surface area (Å²) in [5.74, 6) is -0.980. The third-order valence-electron chi connectivity index (χ3n) is 3.38. The molecule has 2 aromatic carbocycles. The van der Waals surface area contributed by atoms with Crippen LogP contribution >= 0.6 is 0 Å². The van der Waals surface area contributed by atoms with E-state index >= 15 is 0 Å². The summed E-state index contributed by atoms with van der Waals surface area (Å²) in [6.07, 6.45) is -5.01. The summed E-state index contributed by atoms with van der Waals surface area (Å²) in [5.41, 5.74) is 2.02. The number of rotatable bonds is 4. The average Bonchev–Trinajstić information content (AvgIpc) is 2.51. The molecule has 1 amide bonds. The molecule has 1 N–H and O–H groups in total. The van der Waals surface area contributed by atoms with E-state index in [1.807, 2.05) is 24.4 Å². The number of amides is 1. The number of carbonyl (C=O) groups is 1. The van der Waals surface area contributed by atoms with E-state index in [1.165, 1.54) is 12.1 Å². The van der Waals surface area contributed by atoms with Gasteiger partial charge in [0.1, 0.15) is 11.5 Å². The van der Waals surface area contributed by atoms with Crippen molar-refractivity contribution in [3.05, 3.63) is 53.1 Å². The molecule has 0 aliphatic rings. The maximum atomic E-state index is 12.4. The second-order valence-electron chi connectivity index (χ2n) is 5.35. The molecule has 0 aliphatic heterocycles. The quantitative estimate of drug-likeness (QED) is 0.849. The Morgan fingerprint density at radius 1 is 1.17 bits per heavy atom. The van der Waals surface area contributed by atoms with Gasteiger partial charge in [0.2, 0.25) is 0 Å². The Bertz CT molecular complexity index is 743. The highest BCUT2D eigenvalue weighted by Crippen LogP contribution is 2.31. The van der Waals surface area contributed by atoms with Crippen molar-refractivity contribution in [1.82, 2.24) is 0 Å². The van der Waals surface area contributed by atoms with Gasteiger partial charge in [-0.15, -0.1) is 0 Å². The molecule has 7 heteroatoms. The number of hydrogen-bond acceptors (Lipinski definition) is 2. The van der Waals surface area contributed by atoms with Crippen LogP contribution < -0.4 is 10.1 Å². The first-order chi connectivity index (χ1) is 11.2. The smallest absolute Gasteiger partial charge is 0.457 e. The average molecular weight is 333 g/mol. The number of alkyl halides is 3. The number of halogens is 3. The van der Waals surface area contributed by atoms with Gasteiger partial charge in [-0.2, -0.15) is 13.2 Å². The number of hydrogen-bond donors (Lipinski definition) is 1. The zero-order valence-corrected chi connectivity index (χ0v) is 13.2. The third kappa shape index (κ3) is 4.31. The van der Waals surface area contributed by atoms with Crippen LogP contribution in [-0.4, -0.2) is 19.9 Å². The van der Waals surface area contributed by atoms with E-state index in [1.54, 1.807) is 19.1 Å². The summed E-state index contributed by atoms with van der Waals surface area (Å²) in [6, 6.07) is 10.3. The molecule has 124 valence electrons. The number of benzene rings is 2. The summed E-state index contributed by atoms with van der Waals surface area (Å²) in [5, 5.41) is 1.84. The summed E-state index contributed by atoms with van der Waals surface area (Å²) < 4.78 is 43.0. The Labute approximate surface area is 139 Å². The Balaban J connectivity index is 2.29. The van der Waals surface area contributed by atoms with Crippen molar-refractivity contribution in [1.29, 1.82) is 0 Å². The predicted molar refractivity (Wildman–Crippen MR) is 86.6 cm³/mol. The standard InChI is InChI=1S/C17H15BF3NO2/c1-10-3-5-13(6-4-10)24-15-8-12(9-18)14(7-11(15)2)22-16(23)17(19,20)21/h3-8H,9H2,1-2H3,(H,22,23). The molecule has 0 aliphatic carbocycles. The summed E-state index contributed by atoms with van der Waals surface area (Å²) in [6.45, 7) is 3.62. The second-order valence-corrected chi connectivity index (χ2v) is 5.35. The zero-order chi connectivity index (χ0) is 17.9. The van der Waals surface area contributed by atoms with Crippen molar-refractivity contribution in [3.8, 4) is 11.5 Å². The van der Waals surface area contributed by atoms with Crippen molar-refractivity contribution in [2.75, 3.05) is 5.32 Å². The van der Waals surface area contributed by atoms with Crippen LogP contribution in [0.3, 0.4) is 0 Å². The van der Waals surface area contributed by atoms with E-state index in [-0.39, 0.29) is 12.0 Å². The zero-order valence-electron chi connectivity index (χ0n) is 13.2. The molecule has 0 heterocycles. The lowest BCUT2D eigenvalue weighted by atomic mass is 9.94. The lowest BCUT2D eigenvalue weighted by Crippen LogP contribution is -2.30. The largest absolute Gasteiger partial charge is 0.471 e. The molecule has 0 saturated heterocycles. The monoisotopic (exact) mass is 333 g/mol. The number of ether oxygens (including phenoxy) is 1. The van der Waals surface area contributed by atoms with Gasteiger partial charge in [-0.1, -0.05) is 24.0 Å². The molecular formula is C17H15BF3NO2. The summed E-state index contributed by atoms with van der Waals surface area (Å²) in [4.78, 5) is 11.1. The molecule has 24 heavy (non-hydrogen) atoms. The van der Waals surface area contributed by atoms with E-state index in [9.17, 15) is 18.0 Å². The van der Waals surface area contributed by atoms with Gasteiger partial charge in [-0.05, 0) is 49.2 Å². The molecule has 0 fully saturated rings. The molecule has 0 saturated carbocycles. The fourth-order valence-electron chi connectivity index (χ4n) is 2.05. The maximum Gasteiger partial charge on any atom is 0.471 e. The van der Waals surface area contributed by atoms with Crippen molar-refractivity contribution in [2.24, 2.45) is 0 Å². The van der Waals surface area contributed by atoms with E-state index in [2.05, 4.69) is 0 Å². The first kappa shape index (κ1) is 17.9. The van der Waals surface area contributed by atoms with Gasteiger partial charge < -0.3 is 10.1 Å².